The van der Waals surface area contributed by atoms with Crippen LogP contribution in [-0.4, -0.2) is 28.7 Å². The number of esters is 1. The Kier molecular flexibility index (Phi) is 4.66. The summed E-state index contributed by atoms with van der Waals surface area (Å²) in [6.45, 7) is 11.6. The van der Waals surface area contributed by atoms with Gasteiger partial charge in [0, 0.05) is 28.7 Å². The van der Waals surface area contributed by atoms with Crippen LogP contribution in [0, 0.1) is 33.5 Å². The van der Waals surface area contributed by atoms with E-state index in [1.807, 2.05) is 20.8 Å². The van der Waals surface area contributed by atoms with Crippen molar-refractivity contribution in [3.63, 3.8) is 0 Å². The van der Waals surface area contributed by atoms with E-state index in [2.05, 4.69) is 19.9 Å². The molecule has 2 unspecified atom stereocenters. The zero-order chi connectivity index (χ0) is 24.9. The average Bonchev–Trinajstić information content (AvgIpc) is 3.35. The number of hydrogen-bond acceptors (Lipinski definition) is 6. The van der Waals surface area contributed by atoms with Gasteiger partial charge in [-0.15, -0.1) is 0 Å². The Hall–Kier alpha value is -2.47. The van der Waals surface area contributed by atoms with E-state index < -0.39 is 27.9 Å². The second kappa shape index (κ2) is 6.81. The highest BCUT2D eigenvalue weighted by molar-refractivity contribution is 6.03. The molecule has 1 aromatic heterocycles. The fraction of sp³-hybridized carbons (Fsp3) is 0.607. The summed E-state index contributed by atoms with van der Waals surface area (Å²) in [4.78, 5) is 38.7. The molecule has 0 aromatic carbocycles. The number of carbonyl (C=O) groups is 3. The molecular weight excluding hydrogens is 432 g/mol. The van der Waals surface area contributed by atoms with Gasteiger partial charge in [0.1, 0.15) is 6.10 Å². The van der Waals surface area contributed by atoms with E-state index in [0.29, 0.717) is 18.4 Å². The van der Waals surface area contributed by atoms with E-state index in [1.54, 1.807) is 18.2 Å². The first-order chi connectivity index (χ1) is 15.7. The first-order valence-corrected chi connectivity index (χ1v) is 12.2. The molecule has 0 aliphatic heterocycles. The molecule has 0 amide bonds. The van der Waals surface area contributed by atoms with Crippen molar-refractivity contribution in [1.29, 1.82) is 0 Å². The van der Waals surface area contributed by atoms with Gasteiger partial charge in [-0.05, 0) is 60.3 Å². The molecule has 0 radical (unpaired) electrons. The smallest absolute Gasteiger partial charge is 0.302 e. The molecule has 6 heteroatoms. The topological polar surface area (TPSA) is 93.8 Å². The summed E-state index contributed by atoms with van der Waals surface area (Å²) in [7, 11) is 0. The lowest BCUT2D eigenvalue weighted by molar-refractivity contribution is -0.194. The third kappa shape index (κ3) is 2.53. The molecular formula is C28H34O6. The molecule has 4 aliphatic carbocycles. The molecule has 7 atom stereocenters. The van der Waals surface area contributed by atoms with Crippen LogP contribution >= 0.6 is 0 Å². The van der Waals surface area contributed by atoms with Crippen LogP contribution in [0.4, 0.5) is 0 Å². The van der Waals surface area contributed by atoms with Crippen LogP contribution in [0.25, 0.3) is 0 Å². The minimum Gasteiger partial charge on any atom is -0.472 e. The van der Waals surface area contributed by atoms with Crippen molar-refractivity contribution < 1.29 is 28.6 Å². The van der Waals surface area contributed by atoms with E-state index in [0.717, 1.165) is 12.0 Å². The summed E-state index contributed by atoms with van der Waals surface area (Å²) in [6, 6.07) is 1.65. The number of allylic oxidation sites excluding steroid dienone is 2. The van der Waals surface area contributed by atoms with Crippen LogP contribution in [0.1, 0.15) is 66.4 Å². The van der Waals surface area contributed by atoms with E-state index >= 15 is 0 Å². The largest absolute Gasteiger partial charge is 0.472 e. The maximum Gasteiger partial charge on any atom is 0.302 e. The third-order valence-electron chi connectivity index (χ3n) is 10.2. The molecule has 0 bridgehead atoms. The van der Waals surface area contributed by atoms with Gasteiger partial charge in [0.25, 0.3) is 0 Å². The molecule has 6 nitrogen and oxygen atoms in total. The van der Waals surface area contributed by atoms with Crippen molar-refractivity contribution in [3.8, 4) is 0 Å². The molecule has 1 N–H and O–H groups in total. The number of fused-ring (bicyclic) bond motifs is 5. The van der Waals surface area contributed by atoms with Gasteiger partial charge in [-0.3, -0.25) is 14.4 Å². The zero-order valence-electron chi connectivity index (χ0n) is 20.8. The van der Waals surface area contributed by atoms with Crippen molar-refractivity contribution in [2.45, 2.75) is 72.5 Å². The van der Waals surface area contributed by atoms with E-state index in [1.165, 1.54) is 19.5 Å². The number of ether oxygens (including phenoxy) is 1. The van der Waals surface area contributed by atoms with E-state index in [9.17, 15) is 19.5 Å². The number of rotatable bonds is 2. The summed E-state index contributed by atoms with van der Waals surface area (Å²) in [5.41, 5.74) is -2.94. The SMILES string of the molecule is CC(=O)O[C@@H]1CC2C(C)(C)C(=O)C=C[C@]2(C)C2CC[C@]3(C)C(=CC(=O)[C@@]3(O)c3ccoc3)[C@@]21C. The summed E-state index contributed by atoms with van der Waals surface area (Å²) >= 11 is 0. The minimum atomic E-state index is -1.74. The average molecular weight is 467 g/mol. The van der Waals surface area contributed by atoms with Crippen LogP contribution in [0.3, 0.4) is 0 Å². The van der Waals surface area contributed by atoms with Crippen molar-refractivity contribution in [2.24, 2.45) is 33.5 Å². The maximum absolute atomic E-state index is 13.5. The van der Waals surface area contributed by atoms with Crippen LogP contribution in [0.2, 0.25) is 0 Å². The molecule has 182 valence electrons. The maximum atomic E-state index is 13.5. The number of hydrogen-bond donors (Lipinski definition) is 1. The van der Waals surface area contributed by atoms with Crippen molar-refractivity contribution in [2.75, 3.05) is 0 Å². The van der Waals surface area contributed by atoms with Gasteiger partial charge >= 0.3 is 5.97 Å². The predicted molar refractivity (Wildman–Crippen MR) is 124 cm³/mol. The van der Waals surface area contributed by atoms with Gasteiger partial charge in [0.05, 0.1) is 12.5 Å². The third-order valence-corrected chi connectivity index (χ3v) is 10.2. The zero-order valence-corrected chi connectivity index (χ0v) is 20.8. The van der Waals surface area contributed by atoms with Crippen LogP contribution < -0.4 is 0 Å². The first-order valence-electron chi connectivity index (χ1n) is 12.2. The highest BCUT2D eigenvalue weighted by Crippen LogP contribution is 2.73. The Morgan fingerprint density at radius 3 is 2.44 bits per heavy atom. The normalized spacial score (nSPS) is 44.7. The Bertz CT molecular complexity index is 1140. The molecule has 0 saturated heterocycles. The molecule has 1 heterocycles. The molecule has 5 rings (SSSR count). The predicted octanol–water partition coefficient (Wildman–Crippen LogP) is 4.52. The Morgan fingerprint density at radius 1 is 1.12 bits per heavy atom. The van der Waals surface area contributed by atoms with Crippen LogP contribution in [-0.2, 0) is 24.7 Å². The summed E-state index contributed by atoms with van der Waals surface area (Å²) < 4.78 is 11.3. The number of ketones is 2. The summed E-state index contributed by atoms with van der Waals surface area (Å²) in [6.07, 6.45) is 9.58. The minimum absolute atomic E-state index is 0.0188. The molecule has 0 spiro atoms. The lowest BCUT2D eigenvalue weighted by atomic mass is 9.38. The van der Waals surface area contributed by atoms with Gasteiger partial charge in [-0.1, -0.05) is 40.7 Å². The Balaban J connectivity index is 1.71. The van der Waals surface area contributed by atoms with Gasteiger partial charge in [0.15, 0.2) is 17.2 Å². The van der Waals surface area contributed by atoms with E-state index in [4.69, 9.17) is 9.15 Å². The monoisotopic (exact) mass is 466 g/mol. The lowest BCUT2D eigenvalue weighted by Gasteiger charge is -2.66. The van der Waals surface area contributed by atoms with Crippen LogP contribution in [0.15, 0.2) is 46.8 Å². The highest BCUT2D eigenvalue weighted by Gasteiger charge is 2.72. The molecule has 4 aliphatic rings. The first kappa shape index (κ1) is 23.3. The van der Waals surface area contributed by atoms with Gasteiger partial charge < -0.3 is 14.3 Å². The standard InChI is InChI=1S/C28H34O6/c1-16(29)34-23-14-19-24(2,3)21(30)8-10-25(19,4)18-7-11-26(5)20(27(18,23)6)13-22(31)28(26,32)17-9-12-33-15-17/h8-10,12-13,15,18-19,23,32H,7,11,14H2,1-6H3/t18?,19?,23-,25-,26-,27-,28+/m1/s1. The number of furan rings is 1. The quantitative estimate of drug-likeness (QED) is 0.644. The summed E-state index contributed by atoms with van der Waals surface area (Å²) in [5, 5.41) is 11.9. The van der Waals surface area contributed by atoms with Crippen molar-refractivity contribution >= 4 is 17.5 Å². The lowest BCUT2D eigenvalue weighted by Crippen LogP contribution is -2.65. The molecule has 2 saturated carbocycles. The number of aliphatic hydroxyl groups is 1. The van der Waals surface area contributed by atoms with Gasteiger partial charge in [0.2, 0.25) is 0 Å². The van der Waals surface area contributed by atoms with Crippen molar-refractivity contribution in [3.05, 3.63) is 48.0 Å². The fourth-order valence-corrected chi connectivity index (χ4v) is 8.41. The van der Waals surface area contributed by atoms with E-state index in [-0.39, 0.29) is 34.8 Å². The van der Waals surface area contributed by atoms with Crippen LogP contribution in [0.5, 0.6) is 0 Å². The van der Waals surface area contributed by atoms with Crippen molar-refractivity contribution in [1.82, 2.24) is 0 Å². The number of carbonyl (C=O) groups excluding carboxylic acids is 3. The Labute approximate surface area is 200 Å². The Morgan fingerprint density at radius 2 is 1.82 bits per heavy atom. The molecule has 2 fully saturated rings. The highest BCUT2D eigenvalue weighted by atomic mass is 16.5. The second-order valence-electron chi connectivity index (χ2n) is 12.0. The molecule has 34 heavy (non-hydrogen) atoms. The summed E-state index contributed by atoms with van der Waals surface area (Å²) in [5.74, 6) is -0.658. The van der Waals surface area contributed by atoms with Gasteiger partial charge in [-0.25, -0.2) is 0 Å². The molecule has 1 aromatic rings. The van der Waals surface area contributed by atoms with Gasteiger partial charge in [-0.2, -0.15) is 0 Å². The second-order valence-corrected chi connectivity index (χ2v) is 12.0. The fourth-order valence-electron chi connectivity index (χ4n) is 8.41.